The van der Waals surface area contributed by atoms with Crippen LogP contribution < -0.4 is 5.73 Å². The lowest BCUT2D eigenvalue weighted by Gasteiger charge is -2.31. The van der Waals surface area contributed by atoms with Gasteiger partial charge in [-0.05, 0) is 30.9 Å². The predicted molar refractivity (Wildman–Crippen MR) is 83.2 cm³/mol. The van der Waals surface area contributed by atoms with Crippen LogP contribution in [0.1, 0.15) is 30.9 Å². The Morgan fingerprint density at radius 1 is 1.33 bits per heavy atom. The average Bonchev–Trinajstić information content (AvgIpc) is 2.48. The lowest BCUT2D eigenvalue weighted by atomic mass is 10.1. The number of ether oxygens (including phenoxy) is 1. The zero-order valence-electron chi connectivity index (χ0n) is 12.5. The highest BCUT2D eigenvalue weighted by atomic mass is 32.2. The van der Waals surface area contributed by atoms with Crippen LogP contribution in [0.4, 0.5) is 0 Å². The molecule has 118 valence electrons. The largest absolute Gasteiger partial charge is 0.377 e. The number of benzene rings is 1. The van der Waals surface area contributed by atoms with Crippen LogP contribution in [0, 0.1) is 0 Å². The number of nitrogens with zero attached hydrogens (tertiary/aromatic N) is 1. The van der Waals surface area contributed by atoms with Crippen LogP contribution in [0.25, 0.3) is 0 Å². The molecular weight excluding hydrogens is 288 g/mol. The molecule has 1 aromatic carbocycles. The molecule has 5 nitrogen and oxygen atoms in total. The Hall–Kier alpha value is -0.950. The summed E-state index contributed by atoms with van der Waals surface area (Å²) in [4.78, 5) is 0. The summed E-state index contributed by atoms with van der Waals surface area (Å²) in [7, 11) is -3.32. The maximum Gasteiger partial charge on any atom is 0.218 e. The maximum absolute atomic E-state index is 12.6. The molecule has 0 radical (unpaired) electrons. The van der Waals surface area contributed by atoms with Crippen LogP contribution in [0.5, 0.6) is 0 Å². The lowest BCUT2D eigenvalue weighted by Crippen LogP contribution is -2.43. The predicted octanol–water partition coefficient (Wildman–Crippen LogP) is 1.48. The van der Waals surface area contributed by atoms with Crippen LogP contribution in [0.3, 0.4) is 0 Å². The summed E-state index contributed by atoms with van der Waals surface area (Å²) in [5.74, 6) is 0.0131. The summed E-state index contributed by atoms with van der Waals surface area (Å²) >= 11 is 0. The van der Waals surface area contributed by atoms with Crippen molar-refractivity contribution in [3.8, 4) is 0 Å². The molecule has 21 heavy (non-hydrogen) atoms. The van der Waals surface area contributed by atoms with Crippen molar-refractivity contribution in [1.82, 2.24) is 4.31 Å². The van der Waals surface area contributed by atoms with Gasteiger partial charge in [-0.1, -0.05) is 24.3 Å². The zero-order chi connectivity index (χ0) is 15.3. The molecule has 1 heterocycles. The summed E-state index contributed by atoms with van der Waals surface area (Å²) in [6.07, 6.45) is 1.80. The quantitative estimate of drug-likeness (QED) is 0.863. The van der Waals surface area contributed by atoms with Gasteiger partial charge in [-0.2, -0.15) is 4.31 Å². The fourth-order valence-corrected chi connectivity index (χ4v) is 4.37. The van der Waals surface area contributed by atoms with E-state index in [1.807, 2.05) is 31.2 Å². The second kappa shape index (κ2) is 7.35. The second-order valence-electron chi connectivity index (χ2n) is 5.31. The monoisotopic (exact) mass is 312 g/mol. The molecule has 1 aliphatic rings. The molecular formula is C15H24N2O3S. The highest BCUT2D eigenvalue weighted by Crippen LogP contribution is 2.20. The number of hydrogen-bond donors (Lipinski definition) is 1. The van der Waals surface area contributed by atoms with E-state index in [-0.39, 0.29) is 11.9 Å². The Morgan fingerprint density at radius 3 is 2.71 bits per heavy atom. The highest BCUT2D eigenvalue weighted by molar-refractivity contribution is 7.88. The fourth-order valence-electron chi connectivity index (χ4n) is 2.71. The molecule has 6 heteroatoms. The first kappa shape index (κ1) is 16.4. The molecule has 2 N–H and O–H groups in total. The van der Waals surface area contributed by atoms with Crippen LogP contribution in [-0.2, 0) is 27.1 Å². The highest BCUT2D eigenvalue weighted by Gasteiger charge is 2.29. The number of nitrogens with two attached hydrogens (primary N) is 1. The Labute approximate surface area is 127 Å². The SMILES string of the molecule is CCOC1CCCN(S(=O)(=O)Cc2ccccc2CN)C1. The van der Waals surface area contributed by atoms with Gasteiger partial charge in [0.05, 0.1) is 11.9 Å². The first-order valence-electron chi connectivity index (χ1n) is 7.43. The zero-order valence-corrected chi connectivity index (χ0v) is 13.3. The van der Waals surface area contributed by atoms with Crippen molar-refractivity contribution in [2.24, 2.45) is 5.73 Å². The third-order valence-electron chi connectivity index (χ3n) is 3.81. The van der Waals surface area contributed by atoms with Crippen molar-refractivity contribution >= 4 is 10.0 Å². The van der Waals surface area contributed by atoms with Crippen molar-refractivity contribution in [1.29, 1.82) is 0 Å². The molecule has 0 saturated carbocycles. The van der Waals surface area contributed by atoms with Gasteiger partial charge in [0.2, 0.25) is 10.0 Å². The normalized spacial score (nSPS) is 20.6. The van der Waals surface area contributed by atoms with Gasteiger partial charge >= 0.3 is 0 Å². The van der Waals surface area contributed by atoms with E-state index < -0.39 is 10.0 Å². The Balaban J connectivity index is 2.10. The minimum atomic E-state index is -3.32. The molecule has 1 saturated heterocycles. The molecule has 1 atom stereocenters. The third kappa shape index (κ3) is 4.26. The number of piperidine rings is 1. The van der Waals surface area contributed by atoms with E-state index in [1.165, 1.54) is 0 Å². The second-order valence-corrected chi connectivity index (χ2v) is 7.28. The van der Waals surface area contributed by atoms with Crippen molar-refractivity contribution in [3.63, 3.8) is 0 Å². The average molecular weight is 312 g/mol. The van der Waals surface area contributed by atoms with Gasteiger partial charge < -0.3 is 10.5 Å². The van der Waals surface area contributed by atoms with Gasteiger partial charge in [-0.15, -0.1) is 0 Å². The third-order valence-corrected chi connectivity index (χ3v) is 5.61. The molecule has 0 bridgehead atoms. The Kier molecular flexibility index (Phi) is 5.75. The van der Waals surface area contributed by atoms with Crippen LogP contribution in [-0.4, -0.2) is 38.5 Å². The molecule has 0 spiro atoms. The molecule has 1 aliphatic heterocycles. The minimum absolute atomic E-state index is 0.0131. The summed E-state index contributed by atoms with van der Waals surface area (Å²) in [6, 6.07) is 7.45. The van der Waals surface area contributed by atoms with E-state index in [0.29, 0.717) is 26.2 Å². The van der Waals surface area contributed by atoms with Gasteiger partial charge in [-0.25, -0.2) is 8.42 Å². The minimum Gasteiger partial charge on any atom is -0.377 e. The topological polar surface area (TPSA) is 72.6 Å². The van der Waals surface area contributed by atoms with Gasteiger partial charge in [0.1, 0.15) is 0 Å². The molecule has 1 aromatic rings. The summed E-state index contributed by atoms with van der Waals surface area (Å²) < 4.78 is 32.3. The van der Waals surface area contributed by atoms with Gasteiger partial charge in [0.15, 0.2) is 0 Å². The van der Waals surface area contributed by atoms with E-state index in [4.69, 9.17) is 10.5 Å². The Bertz CT molecular complexity index is 558. The van der Waals surface area contributed by atoms with Crippen molar-refractivity contribution in [2.45, 2.75) is 38.2 Å². The number of rotatable bonds is 6. The van der Waals surface area contributed by atoms with E-state index in [0.717, 1.165) is 24.0 Å². The van der Waals surface area contributed by atoms with E-state index in [1.54, 1.807) is 4.31 Å². The molecule has 1 fully saturated rings. The molecule has 0 aromatic heterocycles. The van der Waals surface area contributed by atoms with E-state index in [2.05, 4.69) is 0 Å². The maximum atomic E-state index is 12.6. The van der Waals surface area contributed by atoms with Crippen LogP contribution in [0.2, 0.25) is 0 Å². The summed E-state index contributed by atoms with van der Waals surface area (Å²) in [5, 5.41) is 0. The summed E-state index contributed by atoms with van der Waals surface area (Å²) in [5.41, 5.74) is 7.36. The summed E-state index contributed by atoms with van der Waals surface area (Å²) in [6.45, 7) is 3.95. The smallest absolute Gasteiger partial charge is 0.218 e. The lowest BCUT2D eigenvalue weighted by molar-refractivity contribution is 0.0264. The van der Waals surface area contributed by atoms with E-state index >= 15 is 0 Å². The van der Waals surface area contributed by atoms with Crippen LogP contribution in [0.15, 0.2) is 24.3 Å². The standard InChI is InChI=1S/C15H24N2O3S/c1-2-20-15-8-5-9-17(11-15)21(18,19)12-14-7-4-3-6-13(14)10-16/h3-4,6-7,15H,2,5,8-12,16H2,1H3. The first-order chi connectivity index (χ1) is 10.1. The molecule has 1 unspecified atom stereocenters. The van der Waals surface area contributed by atoms with Gasteiger partial charge in [0.25, 0.3) is 0 Å². The molecule has 0 amide bonds. The first-order valence-corrected chi connectivity index (χ1v) is 9.04. The van der Waals surface area contributed by atoms with Crippen molar-refractivity contribution < 1.29 is 13.2 Å². The van der Waals surface area contributed by atoms with Crippen molar-refractivity contribution in [2.75, 3.05) is 19.7 Å². The van der Waals surface area contributed by atoms with Gasteiger partial charge in [-0.3, -0.25) is 0 Å². The van der Waals surface area contributed by atoms with Crippen molar-refractivity contribution in [3.05, 3.63) is 35.4 Å². The molecule has 0 aliphatic carbocycles. The van der Waals surface area contributed by atoms with Crippen LogP contribution >= 0.6 is 0 Å². The fraction of sp³-hybridized carbons (Fsp3) is 0.600. The van der Waals surface area contributed by atoms with Gasteiger partial charge in [0, 0.05) is 26.2 Å². The Morgan fingerprint density at radius 2 is 2.05 bits per heavy atom. The molecule has 2 rings (SSSR count). The van der Waals surface area contributed by atoms with E-state index in [9.17, 15) is 8.42 Å². The number of hydrogen-bond acceptors (Lipinski definition) is 4. The number of sulfonamides is 1.